The molecular weight excluding hydrogens is 372 g/mol. The molecule has 0 saturated heterocycles. The van der Waals surface area contributed by atoms with Crippen LogP contribution in [0.25, 0.3) is 5.69 Å². The number of anilines is 1. The maximum atomic E-state index is 12.9. The van der Waals surface area contributed by atoms with E-state index in [1.807, 2.05) is 62.0 Å². The summed E-state index contributed by atoms with van der Waals surface area (Å²) in [6, 6.07) is 17.9. The van der Waals surface area contributed by atoms with Crippen molar-refractivity contribution >= 4 is 11.6 Å². The maximum Gasteiger partial charge on any atom is 0.241 e. The second kappa shape index (κ2) is 9.26. The quantitative estimate of drug-likeness (QED) is 0.598. The van der Waals surface area contributed by atoms with Crippen LogP contribution in [0, 0.1) is 13.8 Å². The molecule has 5 nitrogen and oxygen atoms in total. The van der Waals surface area contributed by atoms with Crippen molar-refractivity contribution in [2.75, 3.05) is 12.4 Å². The fourth-order valence-corrected chi connectivity index (χ4v) is 3.66. The molecule has 0 bridgehead atoms. The summed E-state index contributed by atoms with van der Waals surface area (Å²) in [7, 11) is 1.98. The summed E-state index contributed by atoms with van der Waals surface area (Å²) >= 11 is 0. The molecule has 1 heterocycles. The average Bonchev–Trinajstić information content (AvgIpc) is 3.02. The van der Waals surface area contributed by atoms with Gasteiger partial charge in [0.15, 0.2) is 0 Å². The lowest BCUT2D eigenvalue weighted by atomic mass is 10.0. The summed E-state index contributed by atoms with van der Waals surface area (Å²) in [5.41, 5.74) is 6.33. The third-order valence-electron chi connectivity index (χ3n) is 5.73. The highest BCUT2D eigenvalue weighted by molar-refractivity contribution is 5.95. The number of carbonyl (C=O) groups excluding carboxylic acids is 1. The molecule has 1 amide bonds. The van der Waals surface area contributed by atoms with Gasteiger partial charge in [0.2, 0.25) is 5.91 Å². The number of nitrogens with zero attached hydrogens (tertiary/aromatic N) is 3. The van der Waals surface area contributed by atoms with Gasteiger partial charge in [-0.1, -0.05) is 50.2 Å². The predicted octanol–water partition coefficient (Wildman–Crippen LogP) is 5.07. The Morgan fingerprint density at radius 2 is 1.67 bits per heavy atom. The number of amides is 1. The number of nitrogens with one attached hydrogen (secondary N) is 1. The van der Waals surface area contributed by atoms with Gasteiger partial charge in [-0.05, 0) is 57.5 Å². The Morgan fingerprint density at radius 3 is 2.33 bits per heavy atom. The molecule has 1 N–H and O–H groups in total. The van der Waals surface area contributed by atoms with Crippen LogP contribution in [0.15, 0.2) is 54.6 Å². The fourth-order valence-electron chi connectivity index (χ4n) is 3.66. The van der Waals surface area contributed by atoms with Crippen LogP contribution in [-0.4, -0.2) is 33.7 Å². The van der Waals surface area contributed by atoms with Crippen molar-refractivity contribution in [3.63, 3.8) is 0 Å². The summed E-state index contributed by atoms with van der Waals surface area (Å²) in [4.78, 5) is 15.0. The van der Waals surface area contributed by atoms with E-state index in [0.717, 1.165) is 33.9 Å². The second-order valence-electron chi connectivity index (χ2n) is 8.22. The highest BCUT2D eigenvalue weighted by Gasteiger charge is 2.22. The summed E-state index contributed by atoms with van der Waals surface area (Å²) in [5, 5.41) is 7.84. The van der Waals surface area contributed by atoms with Gasteiger partial charge < -0.3 is 5.32 Å². The van der Waals surface area contributed by atoms with E-state index in [2.05, 4.69) is 49.2 Å². The minimum absolute atomic E-state index is 0.00337. The van der Waals surface area contributed by atoms with Gasteiger partial charge in [0.05, 0.1) is 17.4 Å². The molecule has 0 aliphatic rings. The number of rotatable bonds is 7. The number of hydrogen-bond acceptors (Lipinski definition) is 3. The largest absolute Gasteiger partial charge is 0.324 e. The van der Waals surface area contributed by atoms with E-state index in [0.29, 0.717) is 12.5 Å². The van der Waals surface area contributed by atoms with Gasteiger partial charge in [-0.3, -0.25) is 9.69 Å². The Balaban J connectivity index is 1.74. The van der Waals surface area contributed by atoms with Crippen LogP contribution in [0.5, 0.6) is 0 Å². The molecule has 3 aromatic rings. The molecule has 2 aromatic carbocycles. The molecule has 5 heteroatoms. The maximum absolute atomic E-state index is 12.9. The molecular formula is C25H32N4O. The minimum atomic E-state index is -0.274. The van der Waals surface area contributed by atoms with E-state index in [1.54, 1.807) is 0 Å². The minimum Gasteiger partial charge on any atom is -0.324 e. The molecule has 0 spiro atoms. The van der Waals surface area contributed by atoms with Crippen LogP contribution in [0.3, 0.4) is 0 Å². The number of aryl methyl sites for hydroxylation is 1. The molecule has 158 valence electrons. The molecule has 30 heavy (non-hydrogen) atoms. The van der Waals surface area contributed by atoms with Gasteiger partial charge in [0, 0.05) is 23.5 Å². The Bertz CT molecular complexity index is 1010. The van der Waals surface area contributed by atoms with E-state index in [4.69, 9.17) is 5.10 Å². The summed E-state index contributed by atoms with van der Waals surface area (Å²) in [6.07, 6.45) is 0. The predicted molar refractivity (Wildman–Crippen MR) is 123 cm³/mol. The number of likely N-dealkylation sites (N-methyl/N-ethyl adjacent to an activating group) is 1. The Morgan fingerprint density at radius 1 is 1.03 bits per heavy atom. The van der Waals surface area contributed by atoms with Gasteiger partial charge in [-0.2, -0.15) is 5.10 Å². The fraction of sp³-hybridized carbons (Fsp3) is 0.360. The molecule has 0 fully saturated rings. The third-order valence-corrected chi connectivity index (χ3v) is 5.73. The molecule has 1 aromatic heterocycles. The molecule has 0 aliphatic heterocycles. The summed E-state index contributed by atoms with van der Waals surface area (Å²) < 4.78 is 1.97. The smallest absolute Gasteiger partial charge is 0.241 e. The molecule has 0 radical (unpaired) electrons. The topological polar surface area (TPSA) is 50.2 Å². The van der Waals surface area contributed by atoms with Crippen molar-refractivity contribution in [3.05, 3.63) is 77.1 Å². The van der Waals surface area contributed by atoms with Gasteiger partial charge in [0.1, 0.15) is 0 Å². The highest BCUT2D eigenvalue weighted by atomic mass is 16.2. The van der Waals surface area contributed by atoms with E-state index < -0.39 is 0 Å². The molecule has 1 atom stereocenters. The van der Waals surface area contributed by atoms with Crippen LogP contribution in [0.2, 0.25) is 0 Å². The summed E-state index contributed by atoms with van der Waals surface area (Å²) in [5.74, 6) is 0.347. The van der Waals surface area contributed by atoms with Crippen molar-refractivity contribution < 1.29 is 4.79 Å². The van der Waals surface area contributed by atoms with Crippen LogP contribution >= 0.6 is 0 Å². The second-order valence-corrected chi connectivity index (χ2v) is 8.22. The first kappa shape index (κ1) is 21.8. The van der Waals surface area contributed by atoms with E-state index in [-0.39, 0.29) is 11.9 Å². The Hall–Kier alpha value is -2.92. The normalized spacial score (nSPS) is 12.4. The third kappa shape index (κ3) is 4.62. The average molecular weight is 405 g/mol. The summed E-state index contributed by atoms with van der Waals surface area (Å²) in [6.45, 7) is 11.0. The van der Waals surface area contributed by atoms with E-state index in [9.17, 15) is 4.79 Å². The standard InChI is InChI=1S/C25H32N4O/c1-17(2)22-14-10-11-15-24(22)26-25(30)20(5)28(6)16-23-18(3)27-29(19(23)4)21-12-8-7-9-13-21/h7-15,17,20H,16H2,1-6H3,(H,26,30). The van der Waals surface area contributed by atoms with Gasteiger partial charge in [-0.25, -0.2) is 4.68 Å². The van der Waals surface area contributed by atoms with Crippen LogP contribution < -0.4 is 5.32 Å². The lowest BCUT2D eigenvalue weighted by molar-refractivity contribution is -0.120. The number of benzene rings is 2. The first-order valence-electron chi connectivity index (χ1n) is 10.5. The zero-order chi connectivity index (χ0) is 21.8. The highest BCUT2D eigenvalue weighted by Crippen LogP contribution is 2.24. The van der Waals surface area contributed by atoms with Crippen LogP contribution in [0.4, 0.5) is 5.69 Å². The van der Waals surface area contributed by atoms with Crippen LogP contribution in [-0.2, 0) is 11.3 Å². The van der Waals surface area contributed by atoms with Crippen molar-refractivity contribution in [1.29, 1.82) is 0 Å². The first-order chi connectivity index (χ1) is 14.3. The number of hydrogen-bond donors (Lipinski definition) is 1. The number of aromatic nitrogens is 2. The molecule has 1 unspecified atom stereocenters. The Kier molecular flexibility index (Phi) is 6.73. The zero-order valence-electron chi connectivity index (χ0n) is 18.8. The molecule has 0 aliphatic carbocycles. The van der Waals surface area contributed by atoms with Crippen molar-refractivity contribution in [3.8, 4) is 5.69 Å². The number of carbonyl (C=O) groups is 1. The van der Waals surface area contributed by atoms with Gasteiger partial charge >= 0.3 is 0 Å². The van der Waals surface area contributed by atoms with Crippen molar-refractivity contribution in [2.24, 2.45) is 0 Å². The van der Waals surface area contributed by atoms with Gasteiger partial charge in [0.25, 0.3) is 0 Å². The monoisotopic (exact) mass is 404 g/mol. The van der Waals surface area contributed by atoms with Crippen molar-refractivity contribution in [1.82, 2.24) is 14.7 Å². The molecule has 0 saturated carbocycles. The lowest BCUT2D eigenvalue weighted by Gasteiger charge is -2.25. The van der Waals surface area contributed by atoms with Crippen molar-refractivity contribution in [2.45, 2.75) is 53.1 Å². The Labute approximate surface area is 179 Å². The SMILES string of the molecule is Cc1nn(-c2ccccc2)c(C)c1CN(C)C(C)C(=O)Nc1ccccc1C(C)C. The van der Waals surface area contributed by atoms with Crippen LogP contribution in [0.1, 0.15) is 49.2 Å². The molecule has 3 rings (SSSR count). The zero-order valence-corrected chi connectivity index (χ0v) is 18.8. The van der Waals surface area contributed by atoms with E-state index >= 15 is 0 Å². The van der Waals surface area contributed by atoms with Gasteiger partial charge in [-0.15, -0.1) is 0 Å². The van der Waals surface area contributed by atoms with E-state index in [1.165, 1.54) is 0 Å². The lowest BCUT2D eigenvalue weighted by Crippen LogP contribution is -2.39. The number of para-hydroxylation sites is 2. The first-order valence-corrected chi connectivity index (χ1v) is 10.5.